The first-order chi connectivity index (χ1) is 14.4. The summed E-state index contributed by atoms with van der Waals surface area (Å²) in [5.74, 6) is 0. The van der Waals surface area contributed by atoms with Crippen LogP contribution in [0.4, 0.5) is 5.69 Å². The van der Waals surface area contributed by atoms with Crippen LogP contribution < -0.4 is 4.90 Å². The molecule has 0 atom stereocenters. The first kappa shape index (κ1) is 21.8. The molecule has 0 heterocycles. The van der Waals surface area contributed by atoms with E-state index in [0.29, 0.717) is 5.56 Å². The summed E-state index contributed by atoms with van der Waals surface area (Å²) in [5, 5.41) is 9.47. The van der Waals surface area contributed by atoms with Gasteiger partial charge in [0.25, 0.3) is 0 Å². The highest BCUT2D eigenvalue weighted by molar-refractivity contribution is 9.10. The Hall–Kier alpha value is -2.88. The van der Waals surface area contributed by atoms with E-state index in [0.717, 1.165) is 23.2 Å². The van der Waals surface area contributed by atoms with Gasteiger partial charge in [0.05, 0.1) is 4.90 Å². The summed E-state index contributed by atoms with van der Waals surface area (Å²) in [6, 6.07) is 25.8. The third-order valence-corrected chi connectivity index (χ3v) is 6.89. The van der Waals surface area contributed by atoms with Gasteiger partial charge in [-0.05, 0) is 60.5 Å². The van der Waals surface area contributed by atoms with Crippen LogP contribution in [0.5, 0.6) is 0 Å². The zero-order chi connectivity index (χ0) is 21.6. The quantitative estimate of drug-likeness (QED) is 0.400. The van der Waals surface area contributed by atoms with Gasteiger partial charge in [-0.3, -0.25) is 0 Å². The summed E-state index contributed by atoms with van der Waals surface area (Å²) in [4.78, 5) is 2.04. The number of hydrogen-bond donors (Lipinski definition) is 0. The SMILES string of the molecule is CCN(Cc1ccccc1)c1ccc(C=C(C#N)S(=O)(=O)c2ccc(Br)cc2)cc1. The van der Waals surface area contributed by atoms with Gasteiger partial charge in [-0.25, -0.2) is 8.42 Å². The predicted octanol–water partition coefficient (Wildman–Crippen LogP) is 5.81. The molecule has 3 aromatic carbocycles. The summed E-state index contributed by atoms with van der Waals surface area (Å²) in [7, 11) is -3.87. The van der Waals surface area contributed by atoms with Gasteiger partial charge < -0.3 is 4.90 Å². The van der Waals surface area contributed by atoms with E-state index in [4.69, 9.17) is 0 Å². The number of allylic oxidation sites excluding steroid dienone is 1. The van der Waals surface area contributed by atoms with Crippen molar-refractivity contribution in [3.05, 3.63) is 99.4 Å². The lowest BCUT2D eigenvalue weighted by Crippen LogP contribution is -2.21. The van der Waals surface area contributed by atoms with Gasteiger partial charge in [-0.15, -0.1) is 0 Å². The van der Waals surface area contributed by atoms with Crippen molar-refractivity contribution in [3.8, 4) is 6.07 Å². The summed E-state index contributed by atoms with van der Waals surface area (Å²) < 4.78 is 26.4. The van der Waals surface area contributed by atoms with Crippen molar-refractivity contribution in [2.45, 2.75) is 18.4 Å². The maximum absolute atomic E-state index is 12.8. The van der Waals surface area contributed by atoms with E-state index in [1.807, 2.05) is 48.5 Å². The Morgan fingerprint density at radius 2 is 1.63 bits per heavy atom. The molecule has 4 nitrogen and oxygen atoms in total. The lowest BCUT2D eigenvalue weighted by Gasteiger charge is -2.23. The van der Waals surface area contributed by atoms with Gasteiger partial charge in [-0.2, -0.15) is 5.26 Å². The van der Waals surface area contributed by atoms with Crippen LogP contribution in [0.2, 0.25) is 0 Å². The second kappa shape index (κ2) is 9.75. The third-order valence-electron chi connectivity index (χ3n) is 4.68. The lowest BCUT2D eigenvalue weighted by molar-refractivity contribution is 0.603. The molecule has 0 bridgehead atoms. The van der Waals surface area contributed by atoms with E-state index >= 15 is 0 Å². The van der Waals surface area contributed by atoms with Crippen LogP contribution in [-0.4, -0.2) is 15.0 Å². The Bertz CT molecular complexity index is 1160. The molecule has 0 N–H and O–H groups in total. The number of nitrogens with zero attached hydrogens (tertiary/aromatic N) is 2. The summed E-state index contributed by atoms with van der Waals surface area (Å²) >= 11 is 3.29. The normalized spacial score (nSPS) is 11.7. The molecule has 6 heteroatoms. The summed E-state index contributed by atoms with van der Waals surface area (Å²) in [5.41, 5.74) is 2.91. The molecular formula is C24H21BrN2O2S. The summed E-state index contributed by atoms with van der Waals surface area (Å²) in [6.45, 7) is 3.72. The molecule has 0 unspecified atom stereocenters. The molecule has 0 aliphatic rings. The monoisotopic (exact) mass is 480 g/mol. The van der Waals surface area contributed by atoms with Crippen molar-refractivity contribution in [1.82, 2.24) is 0 Å². The minimum atomic E-state index is -3.87. The van der Waals surface area contributed by atoms with Crippen molar-refractivity contribution in [3.63, 3.8) is 0 Å². The highest BCUT2D eigenvalue weighted by Gasteiger charge is 2.20. The summed E-state index contributed by atoms with van der Waals surface area (Å²) in [6.07, 6.45) is 1.41. The maximum atomic E-state index is 12.8. The number of hydrogen-bond acceptors (Lipinski definition) is 4. The molecule has 0 aliphatic heterocycles. The third kappa shape index (κ3) is 5.18. The number of anilines is 1. The molecule has 0 radical (unpaired) electrons. The molecule has 152 valence electrons. The Labute approximate surface area is 186 Å². The molecule has 0 saturated carbocycles. The molecule has 0 fully saturated rings. The predicted molar refractivity (Wildman–Crippen MR) is 125 cm³/mol. The smallest absolute Gasteiger partial charge is 0.216 e. The van der Waals surface area contributed by atoms with Gasteiger partial charge >= 0.3 is 0 Å². The molecule has 3 aromatic rings. The number of nitriles is 1. The number of benzene rings is 3. The number of halogens is 1. The molecule has 30 heavy (non-hydrogen) atoms. The van der Waals surface area contributed by atoms with E-state index in [1.165, 1.54) is 23.8 Å². The molecule has 0 spiro atoms. The second-order valence-electron chi connectivity index (χ2n) is 6.67. The Morgan fingerprint density at radius 1 is 1.00 bits per heavy atom. The second-order valence-corrected chi connectivity index (χ2v) is 9.50. The van der Waals surface area contributed by atoms with Crippen molar-refractivity contribution in [2.24, 2.45) is 0 Å². The first-order valence-corrected chi connectivity index (χ1v) is 11.7. The van der Waals surface area contributed by atoms with Crippen LogP contribution in [0.25, 0.3) is 6.08 Å². The van der Waals surface area contributed by atoms with Crippen LogP contribution in [0.1, 0.15) is 18.1 Å². The highest BCUT2D eigenvalue weighted by Crippen LogP contribution is 2.24. The topological polar surface area (TPSA) is 61.2 Å². The average Bonchev–Trinajstić information content (AvgIpc) is 2.77. The van der Waals surface area contributed by atoms with Gasteiger partial charge in [0.2, 0.25) is 9.84 Å². The lowest BCUT2D eigenvalue weighted by atomic mass is 10.1. The van der Waals surface area contributed by atoms with E-state index in [9.17, 15) is 13.7 Å². The zero-order valence-corrected chi connectivity index (χ0v) is 18.9. The molecule has 0 aliphatic carbocycles. The van der Waals surface area contributed by atoms with E-state index in [2.05, 4.69) is 39.9 Å². The Morgan fingerprint density at radius 3 is 2.20 bits per heavy atom. The zero-order valence-electron chi connectivity index (χ0n) is 16.5. The van der Waals surface area contributed by atoms with Crippen LogP contribution >= 0.6 is 15.9 Å². The van der Waals surface area contributed by atoms with Crippen molar-refractivity contribution in [1.29, 1.82) is 5.26 Å². The Balaban J connectivity index is 1.84. The van der Waals surface area contributed by atoms with E-state index in [1.54, 1.807) is 12.1 Å². The molecule has 0 amide bonds. The fourth-order valence-electron chi connectivity index (χ4n) is 3.03. The molecule has 3 rings (SSSR count). The molecule has 0 saturated heterocycles. The minimum Gasteiger partial charge on any atom is -0.367 e. The highest BCUT2D eigenvalue weighted by atomic mass is 79.9. The van der Waals surface area contributed by atoms with Crippen LogP contribution in [0.3, 0.4) is 0 Å². The van der Waals surface area contributed by atoms with Crippen LogP contribution in [0, 0.1) is 11.3 Å². The maximum Gasteiger partial charge on any atom is 0.216 e. The Kier molecular flexibility index (Phi) is 7.09. The standard InChI is InChI=1S/C24H21BrN2O2S/c1-2-27(18-20-6-4-3-5-7-20)22-12-8-19(9-13-22)16-24(17-26)30(28,29)23-14-10-21(25)11-15-23/h3-16H,2,18H2,1H3. The van der Waals surface area contributed by atoms with Gasteiger partial charge in [0.1, 0.15) is 11.0 Å². The van der Waals surface area contributed by atoms with Crippen LogP contribution in [0.15, 0.2) is 93.1 Å². The number of sulfone groups is 1. The number of rotatable bonds is 7. The minimum absolute atomic E-state index is 0.0927. The van der Waals surface area contributed by atoms with Crippen molar-refractivity contribution < 1.29 is 8.42 Å². The molecular weight excluding hydrogens is 460 g/mol. The average molecular weight is 481 g/mol. The van der Waals surface area contributed by atoms with Gasteiger partial charge in [-0.1, -0.05) is 58.4 Å². The van der Waals surface area contributed by atoms with Gasteiger partial charge in [0, 0.05) is 23.2 Å². The van der Waals surface area contributed by atoms with E-state index < -0.39 is 9.84 Å². The fraction of sp³-hybridized carbons (Fsp3) is 0.125. The largest absolute Gasteiger partial charge is 0.367 e. The van der Waals surface area contributed by atoms with Crippen molar-refractivity contribution in [2.75, 3.05) is 11.4 Å². The van der Waals surface area contributed by atoms with Gasteiger partial charge in [0.15, 0.2) is 0 Å². The van der Waals surface area contributed by atoms with Crippen molar-refractivity contribution >= 4 is 37.5 Å². The van der Waals surface area contributed by atoms with E-state index in [-0.39, 0.29) is 9.80 Å². The molecule has 0 aromatic heterocycles. The fourth-order valence-corrected chi connectivity index (χ4v) is 4.46. The van der Waals surface area contributed by atoms with Crippen LogP contribution in [-0.2, 0) is 16.4 Å². The first-order valence-electron chi connectivity index (χ1n) is 9.45.